The summed E-state index contributed by atoms with van der Waals surface area (Å²) in [4.78, 5) is 17.1. The molecule has 1 aliphatic carbocycles. The Morgan fingerprint density at radius 2 is 1.63 bits per heavy atom. The molecule has 1 saturated heterocycles. The highest BCUT2D eigenvalue weighted by molar-refractivity contribution is 5.89. The van der Waals surface area contributed by atoms with Gasteiger partial charge in [0.2, 0.25) is 0 Å². The lowest BCUT2D eigenvalue weighted by Crippen LogP contribution is -2.43. The molecule has 2 aromatic carbocycles. The number of rotatable bonds is 4. The highest BCUT2D eigenvalue weighted by Crippen LogP contribution is 2.27. The predicted molar refractivity (Wildman–Crippen MR) is 115 cm³/mol. The molecule has 4 rings (SSSR count). The van der Waals surface area contributed by atoms with Crippen molar-refractivity contribution in [1.82, 2.24) is 9.80 Å². The lowest BCUT2D eigenvalue weighted by Gasteiger charge is -2.32. The molecule has 2 aliphatic rings. The largest absolute Gasteiger partial charge is 0.323 e. The number of likely N-dealkylation sites (N-methyl/N-ethyl adjacent to an activating group) is 1. The minimum absolute atomic E-state index is 0.130. The second kappa shape index (κ2) is 9.13. The maximum Gasteiger partial charge on any atom is 0.321 e. The average Bonchev–Trinajstić information content (AvgIpc) is 3.24. The zero-order chi connectivity index (χ0) is 21.1. The third-order valence-corrected chi connectivity index (χ3v) is 6.49. The SMILES string of the molecule is CN(C(=O)Nc1ccc(-c2cc(F)cc(F)c2)cc1)[C@H]1CCN(C2CCCCC2)C1. The molecule has 4 nitrogen and oxygen atoms in total. The zero-order valence-electron chi connectivity index (χ0n) is 17.4. The summed E-state index contributed by atoms with van der Waals surface area (Å²) < 4.78 is 26.9. The predicted octanol–water partition coefficient (Wildman–Crippen LogP) is 5.50. The summed E-state index contributed by atoms with van der Waals surface area (Å²) in [7, 11) is 1.86. The van der Waals surface area contributed by atoms with Crippen molar-refractivity contribution in [2.75, 3.05) is 25.5 Å². The molecule has 0 bridgehead atoms. The maximum atomic E-state index is 13.4. The van der Waals surface area contributed by atoms with E-state index in [0.717, 1.165) is 25.6 Å². The number of benzene rings is 2. The molecule has 0 aromatic heterocycles. The standard InChI is InChI=1S/C24H29F2N3O/c1-28(23-11-12-29(16-23)22-5-3-2-4-6-22)24(30)27-21-9-7-17(8-10-21)18-13-19(25)15-20(26)14-18/h7-10,13-15,22-23H,2-6,11-12,16H2,1H3,(H,27,30)/t23-/m0/s1. The topological polar surface area (TPSA) is 35.6 Å². The average molecular weight is 414 g/mol. The molecule has 1 atom stereocenters. The van der Waals surface area contributed by atoms with Crippen molar-refractivity contribution < 1.29 is 13.6 Å². The van der Waals surface area contributed by atoms with E-state index in [1.807, 2.05) is 7.05 Å². The van der Waals surface area contributed by atoms with Gasteiger partial charge >= 0.3 is 6.03 Å². The van der Waals surface area contributed by atoms with Gasteiger partial charge < -0.3 is 10.2 Å². The Labute approximate surface area is 176 Å². The molecule has 1 heterocycles. The molecule has 160 valence electrons. The number of hydrogen-bond acceptors (Lipinski definition) is 2. The molecule has 30 heavy (non-hydrogen) atoms. The fourth-order valence-electron chi connectivity index (χ4n) is 4.71. The number of halogens is 2. The Balaban J connectivity index is 1.34. The molecule has 1 N–H and O–H groups in total. The monoisotopic (exact) mass is 413 g/mol. The fraction of sp³-hybridized carbons (Fsp3) is 0.458. The summed E-state index contributed by atoms with van der Waals surface area (Å²) in [5, 5.41) is 2.93. The van der Waals surface area contributed by atoms with Gasteiger partial charge in [0.1, 0.15) is 11.6 Å². The van der Waals surface area contributed by atoms with Crippen molar-refractivity contribution >= 4 is 11.7 Å². The van der Waals surface area contributed by atoms with Crippen LogP contribution in [0, 0.1) is 11.6 Å². The quantitative estimate of drug-likeness (QED) is 0.718. The second-order valence-electron chi connectivity index (χ2n) is 8.51. The van der Waals surface area contributed by atoms with Crippen LogP contribution in [0.1, 0.15) is 38.5 Å². The van der Waals surface area contributed by atoms with E-state index in [4.69, 9.17) is 0 Å². The first-order valence-electron chi connectivity index (χ1n) is 10.8. The van der Waals surface area contributed by atoms with Crippen molar-refractivity contribution in [2.24, 2.45) is 0 Å². The van der Waals surface area contributed by atoms with Crippen molar-refractivity contribution in [3.8, 4) is 11.1 Å². The minimum atomic E-state index is -0.608. The van der Waals surface area contributed by atoms with E-state index in [9.17, 15) is 13.6 Å². The Hall–Kier alpha value is -2.47. The number of carbonyl (C=O) groups excluding carboxylic acids is 1. The number of amides is 2. The van der Waals surface area contributed by atoms with Crippen LogP contribution in [0.25, 0.3) is 11.1 Å². The number of anilines is 1. The molecule has 1 saturated carbocycles. The van der Waals surface area contributed by atoms with Gasteiger partial charge in [-0.15, -0.1) is 0 Å². The van der Waals surface area contributed by atoms with Crippen LogP contribution in [0.4, 0.5) is 19.3 Å². The van der Waals surface area contributed by atoms with Crippen LogP contribution < -0.4 is 5.32 Å². The van der Waals surface area contributed by atoms with Crippen molar-refractivity contribution in [3.05, 3.63) is 54.1 Å². The van der Waals surface area contributed by atoms with Crippen LogP contribution in [-0.4, -0.2) is 48.1 Å². The van der Waals surface area contributed by atoms with E-state index in [1.165, 1.54) is 44.2 Å². The molecular formula is C24H29F2N3O. The van der Waals surface area contributed by atoms with Crippen LogP contribution in [0.2, 0.25) is 0 Å². The molecule has 6 heteroatoms. The van der Waals surface area contributed by atoms with Gasteiger partial charge in [0, 0.05) is 44.0 Å². The van der Waals surface area contributed by atoms with Gasteiger partial charge in [-0.2, -0.15) is 0 Å². The van der Waals surface area contributed by atoms with E-state index in [-0.39, 0.29) is 12.1 Å². The van der Waals surface area contributed by atoms with Crippen molar-refractivity contribution in [2.45, 2.75) is 50.6 Å². The van der Waals surface area contributed by atoms with E-state index in [0.29, 0.717) is 22.9 Å². The molecule has 1 aliphatic heterocycles. The molecule has 2 fully saturated rings. The van der Waals surface area contributed by atoms with Crippen molar-refractivity contribution in [1.29, 1.82) is 0 Å². The van der Waals surface area contributed by atoms with Gasteiger partial charge in [-0.1, -0.05) is 31.4 Å². The summed E-state index contributed by atoms with van der Waals surface area (Å²) in [6.07, 6.45) is 7.56. The Kier molecular flexibility index (Phi) is 6.32. The van der Waals surface area contributed by atoms with Gasteiger partial charge in [-0.05, 0) is 54.7 Å². The lowest BCUT2D eigenvalue weighted by atomic mass is 9.94. The molecule has 2 amide bonds. The van der Waals surface area contributed by atoms with Gasteiger partial charge in [0.25, 0.3) is 0 Å². The van der Waals surface area contributed by atoms with Crippen LogP contribution in [-0.2, 0) is 0 Å². The fourth-order valence-corrected chi connectivity index (χ4v) is 4.71. The normalized spacial score (nSPS) is 20.3. The summed E-state index contributed by atoms with van der Waals surface area (Å²) in [5.41, 5.74) is 1.82. The smallest absolute Gasteiger partial charge is 0.321 e. The Morgan fingerprint density at radius 3 is 2.30 bits per heavy atom. The summed E-state index contributed by atoms with van der Waals surface area (Å²) in [6.45, 7) is 2.00. The van der Waals surface area contributed by atoms with Crippen LogP contribution in [0.5, 0.6) is 0 Å². The molecule has 0 spiro atoms. The van der Waals surface area contributed by atoms with E-state index in [2.05, 4.69) is 10.2 Å². The van der Waals surface area contributed by atoms with E-state index in [1.54, 1.807) is 29.2 Å². The summed E-state index contributed by atoms with van der Waals surface area (Å²) >= 11 is 0. The molecule has 0 radical (unpaired) electrons. The molecule has 0 unspecified atom stereocenters. The van der Waals surface area contributed by atoms with E-state index < -0.39 is 11.6 Å². The number of hydrogen-bond donors (Lipinski definition) is 1. The second-order valence-corrected chi connectivity index (χ2v) is 8.51. The third kappa shape index (κ3) is 4.81. The summed E-state index contributed by atoms with van der Waals surface area (Å²) in [5.74, 6) is -1.22. The van der Waals surface area contributed by atoms with Gasteiger partial charge in [-0.3, -0.25) is 4.90 Å². The Bertz CT molecular complexity index is 860. The van der Waals surface area contributed by atoms with Gasteiger partial charge in [0.05, 0.1) is 0 Å². The maximum absolute atomic E-state index is 13.4. The number of likely N-dealkylation sites (tertiary alicyclic amines) is 1. The Morgan fingerprint density at radius 1 is 0.967 bits per heavy atom. The molecular weight excluding hydrogens is 384 g/mol. The summed E-state index contributed by atoms with van der Waals surface area (Å²) in [6, 6.07) is 11.2. The lowest BCUT2D eigenvalue weighted by molar-refractivity contribution is 0.170. The van der Waals surface area contributed by atoms with E-state index >= 15 is 0 Å². The third-order valence-electron chi connectivity index (χ3n) is 6.49. The number of carbonyl (C=O) groups is 1. The highest BCUT2D eigenvalue weighted by Gasteiger charge is 2.32. The van der Waals surface area contributed by atoms with Crippen LogP contribution >= 0.6 is 0 Å². The number of urea groups is 1. The van der Waals surface area contributed by atoms with Gasteiger partial charge in [-0.25, -0.2) is 13.6 Å². The first kappa shape index (κ1) is 20.8. The van der Waals surface area contributed by atoms with Crippen LogP contribution in [0.3, 0.4) is 0 Å². The zero-order valence-corrected chi connectivity index (χ0v) is 17.4. The highest BCUT2D eigenvalue weighted by atomic mass is 19.1. The number of nitrogens with zero attached hydrogens (tertiary/aromatic N) is 2. The van der Waals surface area contributed by atoms with Gasteiger partial charge in [0.15, 0.2) is 0 Å². The minimum Gasteiger partial charge on any atom is -0.323 e. The van der Waals surface area contributed by atoms with Crippen molar-refractivity contribution in [3.63, 3.8) is 0 Å². The molecule has 2 aromatic rings. The first-order valence-corrected chi connectivity index (χ1v) is 10.8. The van der Waals surface area contributed by atoms with Crippen LogP contribution in [0.15, 0.2) is 42.5 Å². The number of nitrogens with one attached hydrogen (secondary N) is 1. The first-order chi connectivity index (χ1) is 14.5.